The lowest BCUT2D eigenvalue weighted by Crippen LogP contribution is -2.36. The van der Waals surface area contributed by atoms with E-state index in [0.717, 1.165) is 12.1 Å². The van der Waals surface area contributed by atoms with E-state index in [2.05, 4.69) is 4.18 Å². The highest BCUT2D eigenvalue weighted by atomic mass is 32.2. The van der Waals surface area contributed by atoms with Crippen LogP contribution in [0.1, 0.15) is 0 Å². The SMILES string of the molecule is O=[N+]([O-])c1ccc(N2CCOCC2)cc1OS(=O)(=O)C(F)(F)F. The Kier molecular flexibility index (Phi) is 4.66. The van der Waals surface area contributed by atoms with E-state index in [-0.39, 0.29) is 0 Å². The summed E-state index contributed by atoms with van der Waals surface area (Å²) in [6.07, 6.45) is 0. The Morgan fingerprint density at radius 2 is 1.87 bits per heavy atom. The van der Waals surface area contributed by atoms with Gasteiger partial charge in [-0.2, -0.15) is 21.6 Å². The molecule has 0 N–H and O–H groups in total. The van der Waals surface area contributed by atoms with Gasteiger partial charge in [0.05, 0.1) is 18.1 Å². The number of nitro benzene ring substituents is 1. The van der Waals surface area contributed by atoms with Crippen LogP contribution in [0.2, 0.25) is 0 Å². The van der Waals surface area contributed by atoms with Crippen molar-refractivity contribution in [2.75, 3.05) is 31.2 Å². The van der Waals surface area contributed by atoms with Gasteiger partial charge in [-0.1, -0.05) is 0 Å². The minimum absolute atomic E-state index is 0.297. The van der Waals surface area contributed by atoms with E-state index in [1.807, 2.05) is 0 Å². The molecule has 23 heavy (non-hydrogen) atoms. The first kappa shape index (κ1) is 17.3. The molecule has 1 aromatic rings. The summed E-state index contributed by atoms with van der Waals surface area (Å²) in [4.78, 5) is 11.5. The molecule has 1 aromatic carbocycles. The van der Waals surface area contributed by atoms with E-state index in [9.17, 15) is 31.7 Å². The first-order valence-corrected chi connectivity index (χ1v) is 7.64. The predicted molar refractivity (Wildman–Crippen MR) is 71.7 cm³/mol. The summed E-state index contributed by atoms with van der Waals surface area (Å²) in [5, 5.41) is 10.9. The van der Waals surface area contributed by atoms with Gasteiger partial charge in [0, 0.05) is 30.9 Å². The van der Waals surface area contributed by atoms with Gasteiger partial charge in [0.1, 0.15) is 0 Å². The van der Waals surface area contributed by atoms with Gasteiger partial charge in [-0.3, -0.25) is 10.1 Å². The number of rotatable bonds is 4. The Morgan fingerprint density at radius 3 is 2.39 bits per heavy atom. The molecule has 2 rings (SSSR count). The van der Waals surface area contributed by atoms with E-state index in [1.165, 1.54) is 6.07 Å². The zero-order chi connectivity index (χ0) is 17.3. The Balaban J connectivity index is 2.40. The van der Waals surface area contributed by atoms with E-state index >= 15 is 0 Å². The highest BCUT2D eigenvalue weighted by Crippen LogP contribution is 2.35. The van der Waals surface area contributed by atoms with Crippen molar-refractivity contribution in [3.63, 3.8) is 0 Å². The van der Waals surface area contributed by atoms with Crippen LogP contribution in [0.15, 0.2) is 18.2 Å². The molecule has 12 heteroatoms. The van der Waals surface area contributed by atoms with Crippen molar-refractivity contribution in [2.45, 2.75) is 5.51 Å². The van der Waals surface area contributed by atoms with Crippen molar-refractivity contribution in [1.29, 1.82) is 0 Å². The second-order valence-electron chi connectivity index (χ2n) is 4.49. The zero-order valence-electron chi connectivity index (χ0n) is 11.4. The van der Waals surface area contributed by atoms with E-state index < -0.39 is 32.0 Å². The number of morpholine rings is 1. The summed E-state index contributed by atoms with van der Waals surface area (Å²) in [6.45, 7) is 1.55. The topological polar surface area (TPSA) is 99.0 Å². The molecule has 1 aliphatic heterocycles. The molecule has 0 radical (unpaired) electrons. The smallest absolute Gasteiger partial charge is 0.378 e. The maximum absolute atomic E-state index is 12.4. The van der Waals surface area contributed by atoms with Gasteiger partial charge in [0.2, 0.25) is 5.75 Å². The summed E-state index contributed by atoms with van der Waals surface area (Å²) < 4.78 is 68.4. The molecule has 8 nitrogen and oxygen atoms in total. The molecule has 0 saturated carbocycles. The molecule has 128 valence electrons. The molecule has 0 amide bonds. The largest absolute Gasteiger partial charge is 0.534 e. The highest BCUT2D eigenvalue weighted by Gasteiger charge is 2.49. The first-order chi connectivity index (χ1) is 10.6. The fourth-order valence-electron chi connectivity index (χ4n) is 1.90. The maximum Gasteiger partial charge on any atom is 0.534 e. The van der Waals surface area contributed by atoms with E-state index in [1.54, 1.807) is 4.90 Å². The monoisotopic (exact) mass is 356 g/mol. The van der Waals surface area contributed by atoms with Crippen molar-refractivity contribution >= 4 is 21.5 Å². The van der Waals surface area contributed by atoms with Crippen LogP contribution in [0.5, 0.6) is 5.75 Å². The molecule has 0 atom stereocenters. The van der Waals surface area contributed by atoms with Crippen LogP contribution in [0.25, 0.3) is 0 Å². The highest BCUT2D eigenvalue weighted by molar-refractivity contribution is 7.88. The summed E-state index contributed by atoms with van der Waals surface area (Å²) in [5.74, 6) is -0.990. The van der Waals surface area contributed by atoms with Gasteiger partial charge in [-0.25, -0.2) is 0 Å². The molecule has 1 aliphatic rings. The standard InChI is InChI=1S/C11H11F3N2O6S/c12-11(13,14)23(19,20)22-10-7-8(1-2-9(10)16(17)18)15-3-5-21-6-4-15/h1-2,7H,3-6H2. The van der Waals surface area contributed by atoms with E-state index in [4.69, 9.17) is 4.74 Å². The minimum atomic E-state index is -6.00. The molecule has 0 bridgehead atoms. The molecule has 0 unspecified atom stereocenters. The number of halogens is 3. The minimum Gasteiger partial charge on any atom is -0.378 e. The average Bonchev–Trinajstić information content (AvgIpc) is 2.46. The van der Waals surface area contributed by atoms with Crippen LogP contribution in [0, 0.1) is 10.1 Å². The molecule has 0 aromatic heterocycles. The fourth-order valence-corrected chi connectivity index (χ4v) is 2.37. The van der Waals surface area contributed by atoms with Crippen LogP contribution in [0.4, 0.5) is 24.5 Å². The van der Waals surface area contributed by atoms with Crippen LogP contribution in [0.3, 0.4) is 0 Å². The van der Waals surface area contributed by atoms with Gasteiger partial charge in [-0.15, -0.1) is 0 Å². The number of alkyl halides is 3. The first-order valence-electron chi connectivity index (χ1n) is 6.24. The fraction of sp³-hybridized carbons (Fsp3) is 0.455. The average molecular weight is 356 g/mol. The molecule has 1 fully saturated rings. The summed E-state index contributed by atoms with van der Waals surface area (Å²) >= 11 is 0. The second-order valence-corrected chi connectivity index (χ2v) is 6.03. The third-order valence-corrected chi connectivity index (χ3v) is 3.97. The summed E-state index contributed by atoms with van der Waals surface area (Å²) in [7, 11) is -6.00. The third kappa shape index (κ3) is 3.82. The number of ether oxygens (including phenoxy) is 1. The van der Waals surface area contributed by atoms with Crippen molar-refractivity contribution in [3.8, 4) is 5.75 Å². The maximum atomic E-state index is 12.4. The van der Waals surface area contributed by atoms with Crippen LogP contribution in [-0.2, 0) is 14.9 Å². The number of nitrogens with zero attached hydrogens (tertiary/aromatic N) is 2. The number of anilines is 1. The second kappa shape index (κ2) is 6.20. The molecule has 0 spiro atoms. The Bertz CT molecular complexity index is 700. The quantitative estimate of drug-likeness (QED) is 0.350. The van der Waals surface area contributed by atoms with Crippen molar-refractivity contribution in [3.05, 3.63) is 28.3 Å². The van der Waals surface area contributed by atoms with Crippen molar-refractivity contribution in [1.82, 2.24) is 0 Å². The lowest BCUT2D eigenvalue weighted by Gasteiger charge is -2.28. The van der Waals surface area contributed by atoms with Crippen LogP contribution < -0.4 is 9.08 Å². The summed E-state index contributed by atoms with van der Waals surface area (Å²) in [5.41, 5.74) is -6.27. The normalized spacial score (nSPS) is 16.2. The van der Waals surface area contributed by atoms with Gasteiger partial charge < -0.3 is 13.8 Å². The van der Waals surface area contributed by atoms with Crippen molar-refractivity contribution < 1.29 is 35.4 Å². The number of nitro groups is 1. The third-order valence-electron chi connectivity index (χ3n) is 3.00. The van der Waals surface area contributed by atoms with Gasteiger partial charge in [0.15, 0.2) is 0 Å². The lowest BCUT2D eigenvalue weighted by atomic mass is 10.2. The molecular weight excluding hydrogens is 345 g/mol. The molecule has 1 heterocycles. The van der Waals surface area contributed by atoms with Gasteiger partial charge in [0.25, 0.3) is 0 Å². The summed E-state index contributed by atoms with van der Waals surface area (Å²) in [6, 6.07) is 3.09. The molecule has 0 aliphatic carbocycles. The lowest BCUT2D eigenvalue weighted by molar-refractivity contribution is -0.385. The van der Waals surface area contributed by atoms with Crippen LogP contribution in [-0.4, -0.2) is 45.2 Å². The Labute approximate surface area is 128 Å². The Morgan fingerprint density at radius 1 is 1.26 bits per heavy atom. The Hall–Kier alpha value is -2.08. The van der Waals surface area contributed by atoms with Crippen molar-refractivity contribution in [2.24, 2.45) is 0 Å². The number of hydrogen-bond acceptors (Lipinski definition) is 7. The molecular formula is C11H11F3N2O6S. The zero-order valence-corrected chi connectivity index (χ0v) is 12.3. The predicted octanol–water partition coefficient (Wildman–Crippen LogP) is 1.66. The van der Waals surface area contributed by atoms with E-state index in [0.29, 0.717) is 32.0 Å². The number of benzene rings is 1. The molecule has 1 saturated heterocycles. The van der Waals surface area contributed by atoms with Gasteiger partial charge in [-0.05, 0) is 6.07 Å². The van der Waals surface area contributed by atoms with Gasteiger partial charge >= 0.3 is 21.3 Å². The number of hydrogen-bond donors (Lipinski definition) is 0. The van der Waals surface area contributed by atoms with Crippen LogP contribution >= 0.6 is 0 Å².